The van der Waals surface area contributed by atoms with Gasteiger partial charge in [0.05, 0.1) is 54.5 Å². The van der Waals surface area contributed by atoms with E-state index in [2.05, 4.69) is 20.4 Å². The van der Waals surface area contributed by atoms with Crippen LogP contribution < -0.4 is 20.7 Å². The van der Waals surface area contributed by atoms with Crippen LogP contribution in [0.25, 0.3) is 33.2 Å². The van der Waals surface area contributed by atoms with Gasteiger partial charge in [-0.1, -0.05) is 6.07 Å². The van der Waals surface area contributed by atoms with Gasteiger partial charge in [-0.2, -0.15) is 18.3 Å². The molecule has 1 fully saturated rings. The van der Waals surface area contributed by atoms with Crippen LogP contribution in [0.5, 0.6) is 5.75 Å². The van der Waals surface area contributed by atoms with Crippen molar-refractivity contribution in [3.05, 3.63) is 77.7 Å². The highest BCUT2D eigenvalue weighted by Gasteiger charge is 2.32. The van der Waals surface area contributed by atoms with E-state index in [0.717, 1.165) is 23.3 Å². The number of rotatable bonds is 6. The van der Waals surface area contributed by atoms with Gasteiger partial charge in [0.1, 0.15) is 5.75 Å². The van der Waals surface area contributed by atoms with Gasteiger partial charge in [-0.05, 0) is 54.4 Å². The zero-order valence-electron chi connectivity index (χ0n) is 24.8. The van der Waals surface area contributed by atoms with Crippen LogP contribution in [0.2, 0.25) is 0 Å². The van der Waals surface area contributed by atoms with E-state index in [1.165, 1.54) is 6.07 Å². The molecule has 5 aromatic rings. The predicted octanol–water partition coefficient (Wildman–Crippen LogP) is 5.70. The van der Waals surface area contributed by atoms with E-state index in [-0.39, 0.29) is 17.2 Å². The zero-order valence-corrected chi connectivity index (χ0v) is 24.8. The second-order valence-electron chi connectivity index (χ2n) is 10.7. The number of fused-ring (bicyclic) bond motifs is 1. The van der Waals surface area contributed by atoms with Crippen molar-refractivity contribution in [3.8, 4) is 28.0 Å². The molecule has 6 rings (SSSR count). The number of nitrogens with zero attached hydrogens (tertiary/aromatic N) is 5. The number of aromatic nitrogens is 4. The van der Waals surface area contributed by atoms with E-state index in [1.807, 2.05) is 24.1 Å². The standard InChI is InChI=1S/C32H30F3N7O3/c1-18-4-5-19(30(43)39-25-14-22(32(33,34)35)6-7-26(25)42-8-10-45-11-9-42)12-23(18)24-13-20-15-37-31(36)40-28(20)27(29(24)44-3)21-16-38-41(2)17-21/h4-7,12-17H,8-11H2,1-3H3,(H,39,43)(H2,36,37,40). The lowest BCUT2D eigenvalue weighted by atomic mass is 9.92. The second-order valence-corrected chi connectivity index (χ2v) is 10.7. The lowest BCUT2D eigenvalue weighted by Crippen LogP contribution is -2.36. The summed E-state index contributed by atoms with van der Waals surface area (Å²) in [5.74, 6) is 0.0264. The third kappa shape index (κ3) is 5.86. The van der Waals surface area contributed by atoms with Gasteiger partial charge in [-0.3, -0.25) is 9.48 Å². The van der Waals surface area contributed by atoms with Crippen LogP contribution in [0.1, 0.15) is 21.5 Å². The number of carbonyl (C=O) groups excluding carboxylic acids is 1. The first-order valence-electron chi connectivity index (χ1n) is 14.1. The molecule has 0 aliphatic carbocycles. The molecule has 3 aromatic carbocycles. The Labute approximate surface area is 256 Å². The summed E-state index contributed by atoms with van der Waals surface area (Å²) in [5, 5.41) is 7.74. The number of nitrogens with two attached hydrogens (primary N) is 1. The van der Waals surface area contributed by atoms with Crippen molar-refractivity contribution in [2.45, 2.75) is 13.1 Å². The van der Waals surface area contributed by atoms with Crippen molar-refractivity contribution in [1.82, 2.24) is 19.7 Å². The van der Waals surface area contributed by atoms with Crippen LogP contribution in [-0.4, -0.2) is 59.1 Å². The summed E-state index contributed by atoms with van der Waals surface area (Å²) in [6.07, 6.45) is 0.564. The molecule has 45 heavy (non-hydrogen) atoms. The van der Waals surface area contributed by atoms with Crippen LogP contribution in [0.15, 0.2) is 61.1 Å². The summed E-state index contributed by atoms with van der Waals surface area (Å²) in [6, 6.07) is 10.4. The average molecular weight is 618 g/mol. The molecular formula is C32H30F3N7O3. The number of alkyl halides is 3. The van der Waals surface area contributed by atoms with Gasteiger partial charge < -0.3 is 25.4 Å². The van der Waals surface area contributed by atoms with Crippen molar-refractivity contribution < 1.29 is 27.4 Å². The Morgan fingerprint density at radius 1 is 1.07 bits per heavy atom. The third-order valence-corrected chi connectivity index (χ3v) is 7.76. The molecule has 2 aromatic heterocycles. The number of benzene rings is 3. The van der Waals surface area contributed by atoms with E-state index in [1.54, 1.807) is 49.4 Å². The third-order valence-electron chi connectivity index (χ3n) is 7.76. The van der Waals surface area contributed by atoms with Gasteiger partial charge in [0.2, 0.25) is 5.95 Å². The first-order valence-corrected chi connectivity index (χ1v) is 14.1. The van der Waals surface area contributed by atoms with E-state index in [0.29, 0.717) is 65.3 Å². The van der Waals surface area contributed by atoms with Crippen molar-refractivity contribution in [2.24, 2.45) is 7.05 Å². The molecule has 0 atom stereocenters. The molecule has 0 saturated carbocycles. The van der Waals surface area contributed by atoms with Gasteiger partial charge >= 0.3 is 6.18 Å². The highest BCUT2D eigenvalue weighted by atomic mass is 19.4. The molecule has 232 valence electrons. The van der Waals surface area contributed by atoms with Gasteiger partial charge in [-0.15, -0.1) is 0 Å². The molecule has 0 spiro atoms. The van der Waals surface area contributed by atoms with E-state index >= 15 is 0 Å². The molecule has 13 heteroatoms. The maximum atomic E-state index is 13.7. The number of ether oxygens (including phenoxy) is 2. The fourth-order valence-electron chi connectivity index (χ4n) is 5.54. The lowest BCUT2D eigenvalue weighted by molar-refractivity contribution is -0.137. The van der Waals surface area contributed by atoms with Crippen LogP contribution in [0.3, 0.4) is 0 Å². The summed E-state index contributed by atoms with van der Waals surface area (Å²) >= 11 is 0. The number of nitrogen functional groups attached to an aromatic ring is 1. The predicted molar refractivity (Wildman–Crippen MR) is 165 cm³/mol. The Balaban J connectivity index is 1.45. The minimum absolute atomic E-state index is 0.0655. The van der Waals surface area contributed by atoms with Gasteiger partial charge in [0, 0.05) is 54.6 Å². The topological polar surface area (TPSA) is 120 Å². The number of amides is 1. The second kappa shape index (κ2) is 11.7. The fraction of sp³-hybridized carbons (Fsp3) is 0.250. The quantitative estimate of drug-likeness (QED) is 0.249. The Hall–Kier alpha value is -5.17. The number of methoxy groups -OCH3 is 1. The first kappa shape index (κ1) is 29.9. The van der Waals surface area contributed by atoms with Crippen molar-refractivity contribution >= 4 is 34.1 Å². The largest absolute Gasteiger partial charge is 0.495 e. The summed E-state index contributed by atoms with van der Waals surface area (Å²) in [7, 11) is 3.34. The van der Waals surface area contributed by atoms with Crippen LogP contribution >= 0.6 is 0 Å². The van der Waals surface area contributed by atoms with Crippen LogP contribution in [0, 0.1) is 6.92 Å². The molecule has 1 amide bonds. The van der Waals surface area contributed by atoms with Crippen LogP contribution in [0.4, 0.5) is 30.5 Å². The van der Waals surface area contributed by atoms with Crippen molar-refractivity contribution in [2.75, 3.05) is 49.4 Å². The molecular weight excluding hydrogens is 587 g/mol. The summed E-state index contributed by atoms with van der Waals surface area (Å²) in [5.41, 5.74) is 10.0. The van der Waals surface area contributed by atoms with Gasteiger partial charge in [-0.25, -0.2) is 9.97 Å². The van der Waals surface area contributed by atoms with Gasteiger partial charge in [0.25, 0.3) is 5.91 Å². The minimum Gasteiger partial charge on any atom is -0.495 e. The normalized spacial score (nSPS) is 13.7. The Kier molecular flexibility index (Phi) is 7.79. The fourth-order valence-corrected chi connectivity index (χ4v) is 5.54. The molecule has 3 heterocycles. The summed E-state index contributed by atoms with van der Waals surface area (Å²) in [4.78, 5) is 24.2. The number of halogens is 3. The summed E-state index contributed by atoms with van der Waals surface area (Å²) < 4.78 is 54.0. The number of anilines is 3. The number of aryl methyl sites for hydroxylation is 2. The molecule has 0 bridgehead atoms. The Morgan fingerprint density at radius 2 is 1.84 bits per heavy atom. The Bertz CT molecular complexity index is 1920. The number of carbonyl (C=O) groups is 1. The van der Waals surface area contributed by atoms with Crippen molar-refractivity contribution in [1.29, 1.82) is 0 Å². The monoisotopic (exact) mass is 617 g/mol. The van der Waals surface area contributed by atoms with Gasteiger partial charge in [0.15, 0.2) is 0 Å². The summed E-state index contributed by atoms with van der Waals surface area (Å²) in [6.45, 7) is 3.73. The molecule has 0 unspecified atom stereocenters. The van der Waals surface area contributed by atoms with Crippen molar-refractivity contribution in [3.63, 3.8) is 0 Å². The maximum Gasteiger partial charge on any atom is 0.416 e. The maximum absolute atomic E-state index is 13.7. The molecule has 1 aliphatic rings. The highest BCUT2D eigenvalue weighted by Crippen LogP contribution is 2.45. The number of hydrogen-bond acceptors (Lipinski definition) is 8. The molecule has 10 nitrogen and oxygen atoms in total. The van der Waals surface area contributed by atoms with Crippen LogP contribution in [-0.2, 0) is 18.0 Å². The van der Waals surface area contributed by atoms with E-state index in [9.17, 15) is 18.0 Å². The number of nitrogens with one attached hydrogen (secondary N) is 1. The van der Waals surface area contributed by atoms with E-state index < -0.39 is 17.6 Å². The molecule has 1 aliphatic heterocycles. The number of morpholine rings is 1. The molecule has 3 N–H and O–H groups in total. The smallest absolute Gasteiger partial charge is 0.416 e. The molecule has 1 saturated heterocycles. The lowest BCUT2D eigenvalue weighted by Gasteiger charge is -2.31. The number of hydrogen-bond donors (Lipinski definition) is 2. The average Bonchev–Trinajstić information content (AvgIpc) is 3.45. The highest BCUT2D eigenvalue weighted by molar-refractivity contribution is 6.08. The zero-order chi connectivity index (χ0) is 31.9. The first-order chi connectivity index (χ1) is 21.5. The Morgan fingerprint density at radius 3 is 2.53 bits per heavy atom. The molecule has 0 radical (unpaired) electrons. The minimum atomic E-state index is -4.58. The SMILES string of the molecule is COc1c(-c2cc(C(=O)Nc3cc(C(F)(F)F)ccc3N3CCOCC3)ccc2C)cc2cnc(N)nc2c1-c1cnn(C)c1. The van der Waals surface area contributed by atoms with E-state index in [4.69, 9.17) is 15.2 Å².